The normalized spacial score (nSPS) is 16.7. The third kappa shape index (κ3) is 4.01. The van der Waals surface area contributed by atoms with E-state index in [1.54, 1.807) is 11.0 Å². The zero-order valence-corrected chi connectivity index (χ0v) is 16.1. The second-order valence-electron chi connectivity index (χ2n) is 7.09. The number of anilines is 3. The number of rotatable bonds is 5. The summed E-state index contributed by atoms with van der Waals surface area (Å²) >= 11 is 0. The summed E-state index contributed by atoms with van der Waals surface area (Å²) in [5.41, 5.74) is 5.48. The molecule has 1 aromatic heterocycles. The Hall–Kier alpha value is -3.16. The Bertz CT molecular complexity index is 1010. The minimum atomic E-state index is 0.565. The van der Waals surface area contributed by atoms with Crippen LogP contribution in [-0.2, 0) is 9.47 Å². The number of hydrogen-bond acceptors (Lipinski definition) is 6. The molecule has 0 unspecified atom stereocenters. The predicted molar refractivity (Wildman–Crippen MR) is 113 cm³/mol. The van der Waals surface area contributed by atoms with Crippen molar-refractivity contribution in [1.29, 1.82) is 0 Å². The van der Waals surface area contributed by atoms with Crippen molar-refractivity contribution in [1.82, 2.24) is 14.8 Å². The van der Waals surface area contributed by atoms with E-state index in [2.05, 4.69) is 44.6 Å². The second kappa shape index (κ2) is 8.06. The first-order valence-corrected chi connectivity index (χ1v) is 9.84. The van der Waals surface area contributed by atoms with E-state index < -0.39 is 0 Å². The number of nitrogens with one attached hydrogen (secondary N) is 1. The van der Waals surface area contributed by atoms with Gasteiger partial charge in [0.1, 0.15) is 6.33 Å². The van der Waals surface area contributed by atoms with Gasteiger partial charge in [0.15, 0.2) is 0 Å². The fourth-order valence-electron chi connectivity index (χ4n) is 3.62. The Kier molecular flexibility index (Phi) is 4.98. The van der Waals surface area contributed by atoms with Crippen molar-refractivity contribution >= 4 is 22.9 Å². The van der Waals surface area contributed by atoms with E-state index >= 15 is 0 Å². The molecule has 7 nitrogen and oxygen atoms in total. The van der Waals surface area contributed by atoms with Gasteiger partial charge >= 0.3 is 0 Å². The molecule has 3 heterocycles. The zero-order valence-electron chi connectivity index (χ0n) is 16.1. The van der Waals surface area contributed by atoms with Crippen molar-refractivity contribution in [3.63, 3.8) is 0 Å². The summed E-state index contributed by atoms with van der Waals surface area (Å²) in [6.45, 7) is 4.60. The molecule has 0 radical (unpaired) electrons. The molecular formula is C22H23N5O2. The van der Waals surface area contributed by atoms with E-state index in [1.807, 2.05) is 30.3 Å². The van der Waals surface area contributed by atoms with Crippen LogP contribution in [0, 0.1) is 0 Å². The lowest BCUT2D eigenvalue weighted by atomic mass is 10.0. The van der Waals surface area contributed by atoms with Crippen molar-refractivity contribution in [3.05, 3.63) is 66.5 Å². The molecule has 1 fully saturated rings. The van der Waals surface area contributed by atoms with Gasteiger partial charge < -0.3 is 19.7 Å². The summed E-state index contributed by atoms with van der Waals surface area (Å²) in [6, 6.07) is 16.5. The average Bonchev–Trinajstić information content (AvgIpc) is 3.47. The average molecular weight is 389 g/mol. The summed E-state index contributed by atoms with van der Waals surface area (Å²) in [6.07, 6.45) is 3.86. The Morgan fingerprint density at radius 1 is 0.931 bits per heavy atom. The number of hydrogen-bond donors (Lipinski definition) is 1. The number of aromatic nitrogens is 3. The first-order chi connectivity index (χ1) is 14.3. The highest BCUT2D eigenvalue weighted by Crippen LogP contribution is 2.30. The maximum Gasteiger partial charge on any atom is 0.246 e. The highest BCUT2D eigenvalue weighted by Gasteiger charge is 2.16. The summed E-state index contributed by atoms with van der Waals surface area (Å²) in [5.74, 6) is 0.565. The van der Waals surface area contributed by atoms with E-state index in [9.17, 15) is 0 Å². The Balaban J connectivity index is 1.44. The lowest BCUT2D eigenvalue weighted by Gasteiger charge is -2.29. The third-order valence-corrected chi connectivity index (χ3v) is 5.14. The van der Waals surface area contributed by atoms with Gasteiger partial charge in [0.25, 0.3) is 0 Å². The van der Waals surface area contributed by atoms with E-state index in [-0.39, 0.29) is 0 Å². The SMILES string of the molecule is C1=C(c2cc(Nc3ncn(-c4ccccc4)n3)cc(N3CCOCC3)c2)COC1. The molecule has 0 aliphatic carbocycles. The largest absolute Gasteiger partial charge is 0.378 e. The van der Waals surface area contributed by atoms with E-state index in [0.29, 0.717) is 19.2 Å². The molecular weight excluding hydrogens is 366 g/mol. The molecule has 2 aliphatic heterocycles. The van der Waals surface area contributed by atoms with E-state index in [0.717, 1.165) is 43.2 Å². The molecule has 1 saturated heterocycles. The van der Waals surface area contributed by atoms with Crippen LogP contribution in [0.1, 0.15) is 5.56 Å². The molecule has 0 atom stereocenters. The monoisotopic (exact) mass is 389 g/mol. The van der Waals surface area contributed by atoms with Crippen LogP contribution in [0.25, 0.3) is 11.3 Å². The smallest absolute Gasteiger partial charge is 0.246 e. The van der Waals surface area contributed by atoms with E-state index in [1.165, 1.54) is 11.3 Å². The Morgan fingerprint density at radius 2 is 1.79 bits per heavy atom. The summed E-state index contributed by atoms with van der Waals surface area (Å²) in [5, 5.41) is 7.94. The quantitative estimate of drug-likeness (QED) is 0.723. The summed E-state index contributed by atoms with van der Waals surface area (Å²) in [7, 11) is 0. The van der Waals surface area contributed by atoms with Gasteiger partial charge in [0.05, 0.1) is 32.1 Å². The van der Waals surface area contributed by atoms with Gasteiger partial charge in [-0.25, -0.2) is 4.68 Å². The number of para-hydroxylation sites is 1. The minimum Gasteiger partial charge on any atom is -0.378 e. The molecule has 2 aromatic carbocycles. The van der Waals surface area contributed by atoms with Crippen LogP contribution in [0.3, 0.4) is 0 Å². The summed E-state index contributed by atoms with van der Waals surface area (Å²) in [4.78, 5) is 6.78. The fraction of sp³-hybridized carbons (Fsp3) is 0.273. The van der Waals surface area contributed by atoms with Crippen molar-refractivity contribution < 1.29 is 9.47 Å². The molecule has 0 saturated carbocycles. The second-order valence-corrected chi connectivity index (χ2v) is 7.09. The zero-order chi connectivity index (χ0) is 19.5. The number of morpholine rings is 1. The number of benzene rings is 2. The van der Waals surface area contributed by atoms with Crippen LogP contribution in [0.4, 0.5) is 17.3 Å². The molecule has 0 amide bonds. The van der Waals surface area contributed by atoms with E-state index in [4.69, 9.17) is 9.47 Å². The molecule has 3 aromatic rings. The maximum absolute atomic E-state index is 5.53. The standard InChI is InChI=1S/C22H23N5O2/c1-2-4-20(5-3-1)27-16-23-22(25-27)24-19-12-18(17-6-9-29-15-17)13-21(14-19)26-7-10-28-11-8-26/h1-6,12-14,16H,7-11,15H2,(H,24,25). The lowest BCUT2D eigenvalue weighted by Crippen LogP contribution is -2.36. The molecule has 0 bridgehead atoms. The van der Waals surface area contributed by atoms with Gasteiger partial charge in [-0.1, -0.05) is 24.3 Å². The summed E-state index contributed by atoms with van der Waals surface area (Å²) < 4.78 is 12.8. The fourth-order valence-corrected chi connectivity index (χ4v) is 3.62. The van der Waals surface area contributed by atoms with Crippen LogP contribution in [0.15, 0.2) is 60.9 Å². The third-order valence-electron chi connectivity index (χ3n) is 5.14. The molecule has 29 heavy (non-hydrogen) atoms. The van der Waals surface area contributed by atoms with Crippen LogP contribution >= 0.6 is 0 Å². The topological polar surface area (TPSA) is 64.4 Å². The van der Waals surface area contributed by atoms with Crippen LogP contribution in [0.2, 0.25) is 0 Å². The van der Waals surface area contributed by atoms with Gasteiger partial charge in [0, 0.05) is 24.5 Å². The van der Waals surface area contributed by atoms with Gasteiger partial charge in [0.2, 0.25) is 5.95 Å². The highest BCUT2D eigenvalue weighted by atomic mass is 16.5. The molecule has 7 heteroatoms. The minimum absolute atomic E-state index is 0.565. The van der Waals surface area contributed by atoms with Gasteiger partial charge in [-0.15, -0.1) is 5.10 Å². The molecule has 5 rings (SSSR count). The Morgan fingerprint density at radius 3 is 2.59 bits per heavy atom. The Labute approximate surface area is 169 Å². The van der Waals surface area contributed by atoms with Gasteiger partial charge in [-0.05, 0) is 41.5 Å². The molecule has 1 N–H and O–H groups in total. The first kappa shape index (κ1) is 17.9. The van der Waals surface area contributed by atoms with Crippen LogP contribution < -0.4 is 10.2 Å². The maximum atomic E-state index is 5.53. The molecule has 2 aliphatic rings. The predicted octanol–water partition coefficient (Wildman–Crippen LogP) is 3.26. The molecule has 0 spiro atoms. The van der Waals surface area contributed by atoms with Crippen molar-refractivity contribution in [2.45, 2.75) is 0 Å². The van der Waals surface area contributed by atoms with Crippen molar-refractivity contribution in [2.24, 2.45) is 0 Å². The highest BCUT2D eigenvalue weighted by molar-refractivity contribution is 5.76. The molecule has 148 valence electrons. The van der Waals surface area contributed by atoms with Crippen molar-refractivity contribution in [3.8, 4) is 5.69 Å². The van der Waals surface area contributed by atoms with Crippen LogP contribution in [-0.4, -0.2) is 54.3 Å². The van der Waals surface area contributed by atoms with Crippen molar-refractivity contribution in [2.75, 3.05) is 49.7 Å². The number of nitrogens with zero attached hydrogens (tertiary/aromatic N) is 4. The lowest BCUT2D eigenvalue weighted by molar-refractivity contribution is 0.122. The first-order valence-electron chi connectivity index (χ1n) is 9.84. The number of ether oxygens (including phenoxy) is 2. The van der Waals surface area contributed by atoms with Crippen LogP contribution in [0.5, 0.6) is 0 Å². The van der Waals surface area contributed by atoms with Gasteiger partial charge in [-0.3, -0.25) is 0 Å². The van der Waals surface area contributed by atoms with Gasteiger partial charge in [-0.2, -0.15) is 4.98 Å².